The van der Waals surface area contributed by atoms with Crippen LogP contribution in [0.5, 0.6) is 5.75 Å². The van der Waals surface area contributed by atoms with Crippen molar-refractivity contribution in [2.75, 3.05) is 12.4 Å². The molecule has 5 nitrogen and oxygen atoms in total. The summed E-state index contributed by atoms with van der Waals surface area (Å²) in [5, 5.41) is 5.70. The van der Waals surface area contributed by atoms with Crippen molar-refractivity contribution in [1.29, 1.82) is 0 Å². The molecule has 6 heteroatoms. The van der Waals surface area contributed by atoms with Crippen molar-refractivity contribution in [3.63, 3.8) is 0 Å². The number of carbonyl (C=O) groups is 1. The van der Waals surface area contributed by atoms with Crippen molar-refractivity contribution >= 4 is 29.1 Å². The van der Waals surface area contributed by atoms with Gasteiger partial charge in [0.25, 0.3) is 5.91 Å². The molecule has 0 aliphatic carbocycles. The molecular weight excluding hydrogens is 298 g/mol. The van der Waals surface area contributed by atoms with Gasteiger partial charge in [-0.2, -0.15) is 0 Å². The first-order chi connectivity index (χ1) is 10.5. The molecule has 0 aliphatic rings. The number of para-hydroxylation sites is 1. The van der Waals surface area contributed by atoms with Crippen molar-refractivity contribution in [2.24, 2.45) is 0 Å². The average Bonchev–Trinajstić information content (AvgIpc) is 2.46. The Morgan fingerprint density at radius 2 is 1.91 bits per heavy atom. The number of benzene rings is 1. The highest BCUT2D eigenvalue weighted by atomic mass is 32.1. The molecule has 0 saturated carbocycles. The number of nitrogens with one attached hydrogen (secondary N) is 2. The van der Waals surface area contributed by atoms with Crippen LogP contribution in [0.3, 0.4) is 0 Å². The maximum absolute atomic E-state index is 12.3. The first kappa shape index (κ1) is 15.9. The third kappa shape index (κ3) is 3.79. The number of aromatic nitrogens is 1. The van der Waals surface area contributed by atoms with Crippen LogP contribution in [0.1, 0.15) is 21.6 Å². The van der Waals surface area contributed by atoms with Gasteiger partial charge in [-0.25, -0.2) is 4.98 Å². The van der Waals surface area contributed by atoms with Gasteiger partial charge >= 0.3 is 0 Å². The number of hydrogen-bond donors (Lipinski definition) is 2. The number of aryl methyl sites for hydroxylation is 2. The predicted octanol–water partition coefficient (Wildman–Crippen LogP) is 2.83. The van der Waals surface area contributed by atoms with Crippen LogP contribution in [-0.2, 0) is 0 Å². The summed E-state index contributed by atoms with van der Waals surface area (Å²) in [5.74, 6) is 0.795. The zero-order chi connectivity index (χ0) is 16.1. The van der Waals surface area contributed by atoms with Gasteiger partial charge in [0.15, 0.2) is 5.11 Å². The fraction of sp³-hybridized carbons (Fsp3) is 0.188. The molecule has 0 unspecified atom stereocenters. The normalized spacial score (nSPS) is 9.95. The fourth-order valence-corrected chi connectivity index (χ4v) is 2.23. The van der Waals surface area contributed by atoms with Gasteiger partial charge in [-0.05, 0) is 49.8 Å². The third-order valence-corrected chi connectivity index (χ3v) is 3.22. The van der Waals surface area contributed by atoms with Gasteiger partial charge in [-0.3, -0.25) is 10.1 Å². The van der Waals surface area contributed by atoms with Crippen LogP contribution in [-0.4, -0.2) is 23.1 Å². The van der Waals surface area contributed by atoms with Crippen molar-refractivity contribution in [3.05, 3.63) is 53.2 Å². The minimum Gasteiger partial charge on any atom is -0.496 e. The number of hydrogen-bond acceptors (Lipinski definition) is 4. The van der Waals surface area contributed by atoms with Gasteiger partial charge in [-0.15, -0.1) is 0 Å². The largest absolute Gasteiger partial charge is 0.496 e. The molecule has 0 bridgehead atoms. The summed E-state index contributed by atoms with van der Waals surface area (Å²) < 4.78 is 5.28. The molecule has 2 N–H and O–H groups in total. The summed E-state index contributed by atoms with van der Waals surface area (Å²) in [4.78, 5) is 16.6. The van der Waals surface area contributed by atoms with E-state index >= 15 is 0 Å². The van der Waals surface area contributed by atoms with E-state index in [9.17, 15) is 4.79 Å². The number of methoxy groups -OCH3 is 1. The summed E-state index contributed by atoms with van der Waals surface area (Å²) in [6, 6.07) is 10.9. The van der Waals surface area contributed by atoms with E-state index in [1.54, 1.807) is 18.2 Å². The molecule has 22 heavy (non-hydrogen) atoms. The first-order valence-electron chi connectivity index (χ1n) is 6.71. The Bertz CT molecular complexity index is 716. The minimum absolute atomic E-state index is 0.187. The smallest absolute Gasteiger partial charge is 0.261 e. The molecule has 0 radical (unpaired) electrons. The topological polar surface area (TPSA) is 63.2 Å². The highest BCUT2D eigenvalue weighted by Crippen LogP contribution is 2.22. The standard InChI is InChI=1S/C16H17N3O2S/c1-10-6-4-8-12(14(10)21-3)15(20)19-16(22)18-13-9-5-7-11(2)17-13/h4-9H,1-3H3,(H2,17,18,19,20,22). The Balaban J connectivity index is 2.09. The van der Waals surface area contributed by atoms with Gasteiger partial charge in [0, 0.05) is 5.69 Å². The van der Waals surface area contributed by atoms with E-state index in [2.05, 4.69) is 15.6 Å². The zero-order valence-electron chi connectivity index (χ0n) is 12.6. The number of carbonyl (C=O) groups excluding carboxylic acids is 1. The van der Waals surface area contributed by atoms with Gasteiger partial charge in [0.05, 0.1) is 12.7 Å². The number of pyridine rings is 1. The number of amides is 1. The number of ether oxygens (including phenoxy) is 1. The van der Waals surface area contributed by atoms with Crippen molar-refractivity contribution in [3.8, 4) is 5.75 Å². The average molecular weight is 315 g/mol. The Morgan fingerprint density at radius 1 is 1.18 bits per heavy atom. The zero-order valence-corrected chi connectivity index (χ0v) is 13.5. The van der Waals surface area contributed by atoms with Crippen LogP contribution in [0.25, 0.3) is 0 Å². The lowest BCUT2D eigenvalue weighted by Crippen LogP contribution is -2.34. The van der Waals surface area contributed by atoms with E-state index in [0.717, 1.165) is 11.3 Å². The van der Waals surface area contributed by atoms with E-state index in [4.69, 9.17) is 17.0 Å². The Hall–Kier alpha value is -2.47. The molecule has 2 aromatic rings. The lowest BCUT2D eigenvalue weighted by Gasteiger charge is -2.12. The van der Waals surface area contributed by atoms with E-state index < -0.39 is 0 Å². The molecule has 0 fully saturated rings. The second kappa shape index (κ2) is 7.00. The second-order valence-electron chi connectivity index (χ2n) is 4.73. The SMILES string of the molecule is COc1c(C)cccc1C(=O)NC(=S)Nc1cccc(C)n1. The number of nitrogens with zero attached hydrogens (tertiary/aromatic N) is 1. The molecule has 2 rings (SSSR count). The molecule has 0 atom stereocenters. The summed E-state index contributed by atoms with van der Waals surface area (Å²) >= 11 is 5.14. The molecule has 1 heterocycles. The van der Waals surface area contributed by atoms with Crippen LogP contribution in [0, 0.1) is 13.8 Å². The van der Waals surface area contributed by atoms with Crippen LogP contribution in [0.2, 0.25) is 0 Å². The van der Waals surface area contributed by atoms with Gasteiger partial charge in [-0.1, -0.05) is 18.2 Å². The van der Waals surface area contributed by atoms with Crippen LogP contribution < -0.4 is 15.4 Å². The molecular formula is C16H17N3O2S. The lowest BCUT2D eigenvalue weighted by molar-refractivity contribution is 0.0974. The second-order valence-corrected chi connectivity index (χ2v) is 5.14. The van der Waals surface area contributed by atoms with Crippen molar-refractivity contribution in [2.45, 2.75) is 13.8 Å². The maximum Gasteiger partial charge on any atom is 0.261 e. The van der Waals surface area contributed by atoms with Crippen molar-refractivity contribution < 1.29 is 9.53 Å². The Labute approximate surface area is 134 Å². The molecule has 0 saturated heterocycles. The monoisotopic (exact) mass is 315 g/mol. The van der Waals surface area contributed by atoms with Crippen LogP contribution >= 0.6 is 12.2 Å². The maximum atomic E-state index is 12.3. The van der Waals surface area contributed by atoms with Crippen LogP contribution in [0.15, 0.2) is 36.4 Å². The number of thiocarbonyl (C=S) groups is 1. The van der Waals surface area contributed by atoms with Crippen LogP contribution in [0.4, 0.5) is 5.82 Å². The van der Waals surface area contributed by atoms with Gasteiger partial charge < -0.3 is 10.1 Å². The number of rotatable bonds is 3. The van der Waals surface area contributed by atoms with E-state index in [0.29, 0.717) is 17.1 Å². The predicted molar refractivity (Wildman–Crippen MR) is 90.4 cm³/mol. The van der Waals surface area contributed by atoms with E-state index in [-0.39, 0.29) is 11.0 Å². The Morgan fingerprint density at radius 3 is 2.59 bits per heavy atom. The molecule has 114 valence electrons. The molecule has 1 aromatic carbocycles. The summed E-state index contributed by atoms with van der Waals surface area (Å²) in [7, 11) is 1.53. The highest BCUT2D eigenvalue weighted by Gasteiger charge is 2.15. The van der Waals surface area contributed by atoms with Crippen molar-refractivity contribution in [1.82, 2.24) is 10.3 Å². The molecule has 1 aromatic heterocycles. The Kier molecular flexibility index (Phi) is 5.06. The van der Waals surface area contributed by atoms with Gasteiger partial charge in [0.1, 0.15) is 11.6 Å². The third-order valence-electron chi connectivity index (χ3n) is 3.02. The molecule has 0 aliphatic heterocycles. The lowest BCUT2D eigenvalue weighted by atomic mass is 10.1. The fourth-order valence-electron chi connectivity index (χ4n) is 2.03. The van der Waals surface area contributed by atoms with E-state index in [1.807, 2.05) is 32.0 Å². The highest BCUT2D eigenvalue weighted by molar-refractivity contribution is 7.80. The van der Waals surface area contributed by atoms with E-state index in [1.165, 1.54) is 7.11 Å². The molecule has 0 spiro atoms. The summed E-state index contributed by atoms with van der Waals surface area (Å²) in [6.45, 7) is 3.76. The minimum atomic E-state index is -0.328. The number of anilines is 1. The van der Waals surface area contributed by atoms with Gasteiger partial charge in [0.2, 0.25) is 0 Å². The summed E-state index contributed by atoms with van der Waals surface area (Å²) in [6.07, 6.45) is 0. The molecule has 1 amide bonds. The first-order valence-corrected chi connectivity index (χ1v) is 7.11. The quantitative estimate of drug-likeness (QED) is 0.853. The summed E-state index contributed by atoms with van der Waals surface area (Å²) in [5.41, 5.74) is 2.18.